The number of hydrogen-bond acceptors (Lipinski definition) is 5. The van der Waals surface area contributed by atoms with Gasteiger partial charge in [0.25, 0.3) is 0 Å². The normalized spacial score (nSPS) is 10.4. The molecule has 0 N–H and O–H groups in total. The topological polar surface area (TPSA) is 68.3 Å². The lowest BCUT2D eigenvalue weighted by Gasteiger charge is -2.07. The van der Waals surface area contributed by atoms with Gasteiger partial charge in [0, 0.05) is 5.56 Å². The first-order valence-electron chi connectivity index (χ1n) is 7.88. The summed E-state index contributed by atoms with van der Waals surface area (Å²) in [6.45, 7) is 2.59. The van der Waals surface area contributed by atoms with Gasteiger partial charge in [-0.3, -0.25) is 0 Å². The number of nitrogens with zero attached hydrogens (tertiary/aromatic N) is 2. The molecule has 0 saturated heterocycles. The Morgan fingerprint density at radius 2 is 1.84 bits per heavy atom. The Labute approximate surface area is 146 Å². The second kappa shape index (κ2) is 7.65. The van der Waals surface area contributed by atoms with Crippen molar-refractivity contribution in [2.75, 3.05) is 7.11 Å². The molecule has 1 aromatic heterocycles. The Morgan fingerprint density at radius 3 is 2.56 bits per heavy atom. The van der Waals surface area contributed by atoms with Crippen molar-refractivity contribution in [1.82, 2.24) is 5.16 Å². The molecule has 0 radical (unpaired) electrons. The van der Waals surface area contributed by atoms with E-state index in [9.17, 15) is 5.26 Å². The minimum Gasteiger partial charge on any atom is -0.497 e. The van der Waals surface area contributed by atoms with Gasteiger partial charge in [0.15, 0.2) is 0 Å². The molecule has 0 atom stereocenters. The summed E-state index contributed by atoms with van der Waals surface area (Å²) >= 11 is 0. The van der Waals surface area contributed by atoms with Gasteiger partial charge in [0.05, 0.1) is 37.5 Å². The molecule has 3 aromatic rings. The SMILES string of the molecule is COc1ccc(COCc2noc(C)c2-c2ccccc2C#N)cc1. The Kier molecular flexibility index (Phi) is 5.12. The van der Waals surface area contributed by atoms with Crippen LogP contribution in [-0.4, -0.2) is 12.3 Å². The third kappa shape index (κ3) is 3.70. The van der Waals surface area contributed by atoms with Crippen LogP contribution in [0.4, 0.5) is 0 Å². The quantitative estimate of drug-likeness (QED) is 0.674. The van der Waals surface area contributed by atoms with Crippen LogP contribution < -0.4 is 4.74 Å². The fraction of sp³-hybridized carbons (Fsp3) is 0.200. The molecular weight excluding hydrogens is 316 g/mol. The van der Waals surface area contributed by atoms with Gasteiger partial charge < -0.3 is 14.0 Å². The molecule has 5 heteroatoms. The lowest BCUT2D eigenvalue weighted by Crippen LogP contribution is -1.97. The monoisotopic (exact) mass is 334 g/mol. The number of methoxy groups -OCH3 is 1. The van der Waals surface area contributed by atoms with Crippen LogP contribution in [-0.2, 0) is 18.0 Å². The van der Waals surface area contributed by atoms with E-state index in [2.05, 4.69) is 11.2 Å². The highest BCUT2D eigenvalue weighted by molar-refractivity contribution is 5.73. The zero-order valence-corrected chi connectivity index (χ0v) is 14.2. The van der Waals surface area contributed by atoms with Gasteiger partial charge in [-0.25, -0.2) is 0 Å². The van der Waals surface area contributed by atoms with Gasteiger partial charge >= 0.3 is 0 Å². The van der Waals surface area contributed by atoms with E-state index >= 15 is 0 Å². The maximum absolute atomic E-state index is 9.32. The van der Waals surface area contributed by atoms with Crippen LogP contribution >= 0.6 is 0 Å². The third-order valence-corrected chi connectivity index (χ3v) is 3.92. The number of aromatic nitrogens is 1. The number of nitriles is 1. The minimum atomic E-state index is 0.304. The van der Waals surface area contributed by atoms with E-state index in [0.29, 0.717) is 30.2 Å². The van der Waals surface area contributed by atoms with Crippen LogP contribution in [0.25, 0.3) is 11.1 Å². The molecule has 0 unspecified atom stereocenters. The molecule has 3 rings (SSSR count). The van der Waals surface area contributed by atoms with E-state index < -0.39 is 0 Å². The van der Waals surface area contributed by atoms with Crippen molar-refractivity contribution in [3.8, 4) is 22.9 Å². The summed E-state index contributed by atoms with van der Waals surface area (Å²) < 4.78 is 16.3. The largest absolute Gasteiger partial charge is 0.497 e. The van der Waals surface area contributed by atoms with Crippen LogP contribution in [0.3, 0.4) is 0 Å². The van der Waals surface area contributed by atoms with Crippen LogP contribution in [0, 0.1) is 18.3 Å². The maximum atomic E-state index is 9.32. The molecular formula is C20H18N2O3. The predicted molar refractivity (Wildman–Crippen MR) is 92.9 cm³/mol. The molecule has 0 amide bonds. The van der Waals surface area contributed by atoms with Crippen molar-refractivity contribution in [1.29, 1.82) is 5.26 Å². The Balaban J connectivity index is 1.74. The van der Waals surface area contributed by atoms with Crippen molar-refractivity contribution in [2.24, 2.45) is 0 Å². The molecule has 0 saturated carbocycles. The van der Waals surface area contributed by atoms with Gasteiger partial charge in [-0.15, -0.1) is 0 Å². The fourth-order valence-electron chi connectivity index (χ4n) is 2.65. The summed E-state index contributed by atoms with van der Waals surface area (Å²) in [7, 11) is 1.64. The van der Waals surface area contributed by atoms with Crippen LogP contribution in [0.5, 0.6) is 5.75 Å². The second-order valence-electron chi connectivity index (χ2n) is 5.56. The first kappa shape index (κ1) is 16.7. The molecule has 2 aromatic carbocycles. The highest BCUT2D eigenvalue weighted by atomic mass is 16.5. The summed E-state index contributed by atoms with van der Waals surface area (Å²) in [4.78, 5) is 0. The van der Waals surface area contributed by atoms with E-state index in [-0.39, 0.29) is 0 Å². The van der Waals surface area contributed by atoms with Crippen molar-refractivity contribution in [3.05, 3.63) is 71.1 Å². The number of benzene rings is 2. The van der Waals surface area contributed by atoms with Gasteiger partial charge in [-0.05, 0) is 30.7 Å². The summed E-state index contributed by atoms with van der Waals surface area (Å²) in [5.74, 6) is 1.48. The summed E-state index contributed by atoms with van der Waals surface area (Å²) in [6, 6.07) is 17.3. The zero-order chi connectivity index (χ0) is 17.6. The van der Waals surface area contributed by atoms with E-state index in [1.54, 1.807) is 13.2 Å². The lowest BCUT2D eigenvalue weighted by atomic mass is 9.99. The number of aryl methyl sites for hydroxylation is 1. The third-order valence-electron chi connectivity index (χ3n) is 3.92. The van der Waals surface area contributed by atoms with Crippen molar-refractivity contribution in [3.63, 3.8) is 0 Å². The van der Waals surface area contributed by atoms with E-state index in [4.69, 9.17) is 14.0 Å². The molecule has 0 spiro atoms. The summed E-state index contributed by atoms with van der Waals surface area (Å²) in [5.41, 5.74) is 3.96. The van der Waals surface area contributed by atoms with E-state index in [0.717, 1.165) is 22.4 Å². The molecule has 126 valence electrons. The second-order valence-corrected chi connectivity index (χ2v) is 5.56. The van der Waals surface area contributed by atoms with Crippen molar-refractivity contribution < 1.29 is 14.0 Å². The fourth-order valence-corrected chi connectivity index (χ4v) is 2.65. The predicted octanol–water partition coefficient (Wildman–Crippen LogP) is 4.25. The highest BCUT2D eigenvalue weighted by Gasteiger charge is 2.17. The number of rotatable bonds is 6. The van der Waals surface area contributed by atoms with Crippen LogP contribution in [0.2, 0.25) is 0 Å². The molecule has 1 heterocycles. The molecule has 0 aliphatic carbocycles. The van der Waals surface area contributed by atoms with Gasteiger partial charge in [0.1, 0.15) is 17.2 Å². The molecule has 0 bridgehead atoms. The van der Waals surface area contributed by atoms with Crippen molar-refractivity contribution >= 4 is 0 Å². The summed E-state index contributed by atoms with van der Waals surface area (Å²) in [5, 5.41) is 13.4. The minimum absolute atomic E-state index is 0.304. The molecule has 25 heavy (non-hydrogen) atoms. The Morgan fingerprint density at radius 1 is 1.08 bits per heavy atom. The molecule has 0 aliphatic heterocycles. The first-order valence-corrected chi connectivity index (χ1v) is 7.88. The first-order chi connectivity index (χ1) is 12.2. The summed E-state index contributed by atoms with van der Waals surface area (Å²) in [6.07, 6.45) is 0. The van der Waals surface area contributed by atoms with E-state index in [1.165, 1.54) is 0 Å². The highest BCUT2D eigenvalue weighted by Crippen LogP contribution is 2.30. The van der Waals surface area contributed by atoms with Crippen LogP contribution in [0.15, 0.2) is 53.1 Å². The van der Waals surface area contributed by atoms with E-state index in [1.807, 2.05) is 49.4 Å². The van der Waals surface area contributed by atoms with Crippen LogP contribution in [0.1, 0.15) is 22.6 Å². The smallest absolute Gasteiger partial charge is 0.141 e. The van der Waals surface area contributed by atoms with Gasteiger partial charge in [0.2, 0.25) is 0 Å². The molecule has 0 fully saturated rings. The Bertz CT molecular complexity index is 892. The van der Waals surface area contributed by atoms with Gasteiger partial charge in [-0.2, -0.15) is 5.26 Å². The number of hydrogen-bond donors (Lipinski definition) is 0. The number of ether oxygens (including phenoxy) is 2. The van der Waals surface area contributed by atoms with Gasteiger partial charge in [-0.1, -0.05) is 35.5 Å². The zero-order valence-electron chi connectivity index (χ0n) is 14.2. The lowest BCUT2D eigenvalue weighted by molar-refractivity contribution is 0.102. The average Bonchev–Trinajstić information content (AvgIpc) is 3.02. The maximum Gasteiger partial charge on any atom is 0.141 e. The standard InChI is InChI=1S/C20H18N2O3/c1-14-20(18-6-4-3-5-16(18)11-21)19(22-25-14)13-24-12-15-7-9-17(23-2)10-8-15/h3-10H,12-13H2,1-2H3. The molecule has 5 nitrogen and oxygen atoms in total. The average molecular weight is 334 g/mol. The van der Waals surface area contributed by atoms with Crippen molar-refractivity contribution in [2.45, 2.75) is 20.1 Å². The Hall–Kier alpha value is -3.10. The molecule has 0 aliphatic rings.